The molecular weight excluding hydrogens is 432 g/mol. The van der Waals surface area contributed by atoms with Gasteiger partial charge >= 0.3 is 0 Å². The summed E-state index contributed by atoms with van der Waals surface area (Å²) < 4.78 is 44.0. The van der Waals surface area contributed by atoms with Crippen LogP contribution in [-0.4, -0.2) is 52.5 Å². The largest absolute Gasteiger partial charge is 0.497 e. The van der Waals surface area contributed by atoms with Crippen molar-refractivity contribution in [3.05, 3.63) is 42.0 Å². The van der Waals surface area contributed by atoms with E-state index in [1.165, 1.54) is 36.7 Å². The highest BCUT2D eigenvalue weighted by Crippen LogP contribution is 2.32. The van der Waals surface area contributed by atoms with E-state index in [1.807, 2.05) is 0 Å². The summed E-state index contributed by atoms with van der Waals surface area (Å²) in [6.07, 6.45) is 3.50. The summed E-state index contributed by atoms with van der Waals surface area (Å²) in [7, 11) is -0.810. The number of sulfonamides is 1. The summed E-state index contributed by atoms with van der Waals surface area (Å²) in [6, 6.07) is 9.56. The number of anilines is 1. The zero-order chi connectivity index (χ0) is 23.1. The van der Waals surface area contributed by atoms with Gasteiger partial charge in [0.1, 0.15) is 22.1 Å². The number of nitrogens with one attached hydrogen (secondary N) is 1. The predicted octanol–water partition coefficient (Wildman–Crippen LogP) is 3.92. The molecule has 2 aromatic rings. The van der Waals surface area contributed by atoms with Crippen molar-refractivity contribution >= 4 is 21.6 Å². The lowest BCUT2D eigenvalue weighted by molar-refractivity contribution is 0.102. The third-order valence-corrected chi connectivity index (χ3v) is 7.22. The van der Waals surface area contributed by atoms with Crippen LogP contribution in [0.2, 0.25) is 0 Å². The number of benzene rings is 2. The average Bonchev–Trinajstić information content (AvgIpc) is 3.35. The third kappa shape index (κ3) is 5.34. The smallest absolute Gasteiger partial charge is 0.255 e. The van der Waals surface area contributed by atoms with Crippen molar-refractivity contribution in [1.29, 1.82) is 0 Å². The molecule has 1 fully saturated rings. The molecule has 0 spiro atoms. The minimum absolute atomic E-state index is 0.0142. The average molecular weight is 463 g/mol. The molecule has 174 valence electrons. The first kappa shape index (κ1) is 23.9. The Bertz CT molecular complexity index is 1050. The summed E-state index contributed by atoms with van der Waals surface area (Å²) >= 11 is 0. The monoisotopic (exact) mass is 462 g/mol. The van der Waals surface area contributed by atoms with E-state index in [-0.39, 0.29) is 16.2 Å². The Balaban J connectivity index is 1.90. The topological polar surface area (TPSA) is 94.2 Å². The van der Waals surface area contributed by atoms with Crippen molar-refractivity contribution in [2.75, 3.05) is 39.2 Å². The lowest BCUT2D eigenvalue weighted by atomic mass is 10.2. The molecule has 1 aliphatic heterocycles. The molecule has 9 heteroatoms. The fraction of sp³-hybridized carbons (Fsp3) is 0.435. The summed E-state index contributed by atoms with van der Waals surface area (Å²) in [5.41, 5.74) is 0.649. The highest BCUT2D eigenvalue weighted by molar-refractivity contribution is 7.89. The van der Waals surface area contributed by atoms with Crippen LogP contribution in [0.15, 0.2) is 41.3 Å². The number of rotatable bonds is 10. The number of methoxy groups -OCH3 is 2. The maximum Gasteiger partial charge on any atom is 0.255 e. The second-order valence-corrected chi connectivity index (χ2v) is 9.40. The van der Waals surface area contributed by atoms with Crippen molar-refractivity contribution in [3.8, 4) is 17.2 Å². The number of hydrogen-bond acceptors (Lipinski definition) is 6. The van der Waals surface area contributed by atoms with E-state index in [0.29, 0.717) is 36.9 Å². The Morgan fingerprint density at radius 2 is 1.75 bits per heavy atom. The normalized spacial score (nSPS) is 14.2. The SMILES string of the molecule is CCCCOc1ccc(OC)cc1NC(=O)c1ccc(OC)c(S(=O)(=O)N2CCCC2)c1. The molecule has 1 heterocycles. The second kappa shape index (κ2) is 10.7. The number of nitrogens with zero attached hydrogens (tertiary/aromatic N) is 1. The quantitative estimate of drug-likeness (QED) is 0.538. The molecule has 2 aromatic carbocycles. The summed E-state index contributed by atoms with van der Waals surface area (Å²) in [6.45, 7) is 3.51. The van der Waals surface area contributed by atoms with Crippen LogP contribution in [0.4, 0.5) is 5.69 Å². The van der Waals surface area contributed by atoms with E-state index in [9.17, 15) is 13.2 Å². The van der Waals surface area contributed by atoms with Gasteiger partial charge in [0, 0.05) is 24.7 Å². The highest BCUT2D eigenvalue weighted by Gasteiger charge is 2.30. The number of carbonyl (C=O) groups is 1. The van der Waals surface area contributed by atoms with Crippen molar-refractivity contribution in [2.45, 2.75) is 37.5 Å². The molecule has 0 aliphatic carbocycles. The minimum Gasteiger partial charge on any atom is -0.497 e. The van der Waals surface area contributed by atoms with E-state index in [0.717, 1.165) is 25.7 Å². The van der Waals surface area contributed by atoms with Crippen LogP contribution in [-0.2, 0) is 10.0 Å². The van der Waals surface area contributed by atoms with Crippen molar-refractivity contribution in [1.82, 2.24) is 4.31 Å². The zero-order valence-electron chi connectivity index (χ0n) is 18.7. The first-order valence-corrected chi connectivity index (χ1v) is 12.1. The van der Waals surface area contributed by atoms with Crippen molar-refractivity contribution in [3.63, 3.8) is 0 Å². The van der Waals surface area contributed by atoms with Gasteiger partial charge in [0.05, 0.1) is 26.5 Å². The van der Waals surface area contributed by atoms with Gasteiger partial charge in [-0.2, -0.15) is 4.31 Å². The first-order chi connectivity index (χ1) is 15.4. The molecule has 32 heavy (non-hydrogen) atoms. The van der Waals surface area contributed by atoms with Crippen LogP contribution < -0.4 is 19.5 Å². The fourth-order valence-corrected chi connectivity index (χ4v) is 5.17. The highest BCUT2D eigenvalue weighted by atomic mass is 32.2. The number of carbonyl (C=O) groups excluding carboxylic acids is 1. The lowest BCUT2D eigenvalue weighted by Crippen LogP contribution is -2.28. The van der Waals surface area contributed by atoms with Gasteiger partial charge in [-0.15, -0.1) is 0 Å². The second-order valence-electron chi connectivity index (χ2n) is 7.50. The molecule has 8 nitrogen and oxygen atoms in total. The van der Waals surface area contributed by atoms with Crippen LogP contribution >= 0.6 is 0 Å². The van der Waals surface area contributed by atoms with Gasteiger partial charge in [-0.25, -0.2) is 8.42 Å². The molecule has 0 bridgehead atoms. The number of amides is 1. The van der Waals surface area contributed by atoms with Gasteiger partial charge < -0.3 is 19.5 Å². The molecule has 0 unspecified atom stereocenters. The van der Waals surface area contributed by atoms with Gasteiger partial charge in [0.2, 0.25) is 10.0 Å². The Labute approximate surface area is 189 Å². The van der Waals surface area contributed by atoms with Gasteiger partial charge in [0.15, 0.2) is 0 Å². The standard InChI is InChI=1S/C23H30N2O6S/c1-4-5-14-31-20-11-9-18(29-2)16-19(20)24-23(26)17-8-10-21(30-3)22(15-17)32(27,28)25-12-6-7-13-25/h8-11,15-16H,4-7,12-14H2,1-3H3,(H,24,26). The van der Waals surface area contributed by atoms with Crippen LogP contribution in [0.5, 0.6) is 17.2 Å². The van der Waals surface area contributed by atoms with Gasteiger partial charge in [0.25, 0.3) is 5.91 Å². The molecule has 0 atom stereocenters. The molecule has 1 saturated heterocycles. The number of hydrogen-bond donors (Lipinski definition) is 1. The number of unbranched alkanes of at least 4 members (excludes halogenated alkanes) is 1. The summed E-state index contributed by atoms with van der Waals surface area (Å²) in [5, 5.41) is 2.82. The van der Waals surface area contributed by atoms with E-state index in [1.54, 1.807) is 18.2 Å². The fourth-order valence-electron chi connectivity index (χ4n) is 3.47. The zero-order valence-corrected chi connectivity index (χ0v) is 19.5. The van der Waals surface area contributed by atoms with E-state index < -0.39 is 15.9 Å². The van der Waals surface area contributed by atoms with Crippen molar-refractivity contribution < 1.29 is 27.4 Å². The van der Waals surface area contributed by atoms with E-state index in [4.69, 9.17) is 14.2 Å². The Kier molecular flexibility index (Phi) is 7.98. The molecule has 0 radical (unpaired) electrons. The van der Waals surface area contributed by atoms with Crippen molar-refractivity contribution in [2.24, 2.45) is 0 Å². The van der Waals surface area contributed by atoms with E-state index >= 15 is 0 Å². The molecule has 1 N–H and O–H groups in total. The molecule has 0 saturated carbocycles. The predicted molar refractivity (Wildman–Crippen MR) is 122 cm³/mol. The molecule has 0 aromatic heterocycles. The van der Waals surface area contributed by atoms with Crippen LogP contribution in [0.3, 0.4) is 0 Å². The van der Waals surface area contributed by atoms with Crippen LogP contribution in [0, 0.1) is 0 Å². The molecule has 1 amide bonds. The Hall–Kier alpha value is -2.78. The molecule has 1 aliphatic rings. The third-order valence-electron chi connectivity index (χ3n) is 5.30. The maximum absolute atomic E-state index is 13.1. The van der Waals surface area contributed by atoms with Gasteiger partial charge in [-0.1, -0.05) is 13.3 Å². The van der Waals surface area contributed by atoms with E-state index in [2.05, 4.69) is 12.2 Å². The lowest BCUT2D eigenvalue weighted by Gasteiger charge is -2.18. The van der Waals surface area contributed by atoms with Crippen LogP contribution in [0.1, 0.15) is 43.0 Å². The summed E-state index contributed by atoms with van der Waals surface area (Å²) in [5.74, 6) is 0.832. The number of ether oxygens (including phenoxy) is 3. The molecule has 3 rings (SSSR count). The van der Waals surface area contributed by atoms with Gasteiger partial charge in [-0.05, 0) is 49.6 Å². The Morgan fingerprint density at radius 1 is 1.03 bits per heavy atom. The molecular formula is C23H30N2O6S. The summed E-state index contributed by atoms with van der Waals surface area (Å²) in [4.78, 5) is 13.0. The Morgan fingerprint density at radius 3 is 2.41 bits per heavy atom. The van der Waals surface area contributed by atoms with Gasteiger partial charge in [-0.3, -0.25) is 4.79 Å². The first-order valence-electron chi connectivity index (χ1n) is 10.7. The minimum atomic E-state index is -3.76. The van der Waals surface area contributed by atoms with Crippen LogP contribution in [0.25, 0.3) is 0 Å². The maximum atomic E-state index is 13.1.